The van der Waals surface area contributed by atoms with Crippen LogP contribution in [0.15, 0.2) is 77.7 Å². The molecule has 0 bridgehead atoms. The van der Waals surface area contributed by atoms with Crippen LogP contribution in [-0.2, 0) is 11.3 Å². The van der Waals surface area contributed by atoms with Crippen molar-refractivity contribution in [3.63, 3.8) is 0 Å². The summed E-state index contributed by atoms with van der Waals surface area (Å²) in [5, 5.41) is 6.06. The molecule has 1 unspecified atom stereocenters. The van der Waals surface area contributed by atoms with Gasteiger partial charge in [-0.3, -0.25) is 4.79 Å². The summed E-state index contributed by atoms with van der Waals surface area (Å²) in [5.74, 6) is 0.597. The number of hydrogen-bond acceptors (Lipinski definition) is 3. The lowest BCUT2D eigenvalue weighted by Crippen LogP contribution is -2.48. The lowest BCUT2D eigenvalue weighted by molar-refractivity contribution is -0.129. The monoisotopic (exact) mass is 589 g/mol. The second-order valence-corrected chi connectivity index (χ2v) is 12.8. The quantitative estimate of drug-likeness (QED) is 0.228. The summed E-state index contributed by atoms with van der Waals surface area (Å²) in [6, 6.07) is 24.5. The van der Waals surface area contributed by atoms with E-state index in [9.17, 15) is 4.79 Å². The Bertz CT molecular complexity index is 1580. The first-order valence-corrected chi connectivity index (χ1v) is 15.6. The summed E-state index contributed by atoms with van der Waals surface area (Å²) in [6.45, 7) is 5.04. The van der Waals surface area contributed by atoms with Crippen molar-refractivity contribution in [2.45, 2.75) is 57.6 Å². The molecule has 7 heteroatoms. The summed E-state index contributed by atoms with van der Waals surface area (Å²) >= 11 is 14.3. The van der Waals surface area contributed by atoms with Crippen molar-refractivity contribution in [3.05, 3.63) is 105 Å². The maximum atomic E-state index is 14.1. The molecule has 3 aromatic carbocycles. The van der Waals surface area contributed by atoms with Crippen molar-refractivity contribution in [2.24, 2.45) is 5.92 Å². The van der Waals surface area contributed by atoms with E-state index in [-0.39, 0.29) is 17.4 Å². The average molecular weight is 591 g/mol. The van der Waals surface area contributed by atoms with E-state index in [1.165, 1.54) is 12.8 Å². The third-order valence-electron chi connectivity index (χ3n) is 8.32. The Morgan fingerprint density at radius 1 is 1.00 bits per heavy atom. The first kappa shape index (κ1) is 27.3. The standard InChI is InChI=1S/C33H33Cl2N3OS/c1-21-10-6-8-14-29(21)38-32(39)31(40-33(38)36-25-11-4-3-5-12-25)19-27-22(2)37(30-15-9-7-13-26(27)30)20-23-16-17-24(34)18-28(23)35/h3-5,7,9,11-13,15-19,21,29,33,36H,6,8,10,14,20H2,1-2H3/b31-19-/t21-,29+,33?/m0/s1. The fourth-order valence-corrected chi connectivity index (χ4v) is 7.82. The molecule has 0 spiro atoms. The minimum Gasteiger partial charge on any atom is -0.356 e. The third kappa shape index (κ3) is 5.27. The van der Waals surface area contributed by atoms with Crippen LogP contribution in [0.25, 0.3) is 17.0 Å². The number of nitrogens with zero attached hydrogens (tertiary/aromatic N) is 2. The van der Waals surface area contributed by atoms with Gasteiger partial charge in [-0.25, -0.2) is 0 Å². The minimum atomic E-state index is -0.145. The number of para-hydroxylation sites is 2. The molecular formula is C33H33Cl2N3OS. The number of nitrogens with one attached hydrogen (secondary N) is 1. The predicted molar refractivity (Wildman–Crippen MR) is 170 cm³/mol. The van der Waals surface area contributed by atoms with Crippen LogP contribution in [0, 0.1) is 12.8 Å². The second-order valence-electron chi connectivity index (χ2n) is 10.9. The largest absolute Gasteiger partial charge is 0.356 e. The van der Waals surface area contributed by atoms with Crippen LogP contribution < -0.4 is 5.32 Å². The molecule has 206 valence electrons. The van der Waals surface area contributed by atoms with E-state index in [4.69, 9.17) is 23.2 Å². The maximum Gasteiger partial charge on any atom is 0.262 e. The zero-order valence-electron chi connectivity index (χ0n) is 22.7. The fraction of sp³-hybridized carbons (Fsp3) is 0.303. The van der Waals surface area contributed by atoms with Gasteiger partial charge >= 0.3 is 0 Å². The normalized spacial score (nSPS) is 22.4. The molecule has 2 fully saturated rings. The predicted octanol–water partition coefficient (Wildman–Crippen LogP) is 9.20. The SMILES string of the molecule is Cc1c(/C=C2\SC(Nc3ccccc3)N([C@@H]3CCCC[C@@H]3C)C2=O)c2ccccc2n1Cc1ccc(Cl)cc1Cl. The lowest BCUT2D eigenvalue weighted by atomic mass is 9.85. The number of anilines is 1. The van der Waals surface area contributed by atoms with Crippen molar-refractivity contribution >= 4 is 63.5 Å². The molecule has 1 saturated carbocycles. The number of carbonyl (C=O) groups excluding carboxylic acids is 1. The molecule has 40 heavy (non-hydrogen) atoms. The Hall–Kier alpha value is -2.86. The van der Waals surface area contributed by atoms with Gasteiger partial charge in [0.25, 0.3) is 5.91 Å². The average Bonchev–Trinajstić information content (AvgIpc) is 3.39. The van der Waals surface area contributed by atoms with Gasteiger partial charge in [0.05, 0.1) is 4.91 Å². The molecule has 0 radical (unpaired) electrons. The van der Waals surface area contributed by atoms with Crippen molar-refractivity contribution in [1.82, 2.24) is 9.47 Å². The number of aromatic nitrogens is 1. The van der Waals surface area contributed by atoms with E-state index >= 15 is 0 Å². The van der Waals surface area contributed by atoms with Crippen molar-refractivity contribution in [1.29, 1.82) is 0 Å². The first-order chi connectivity index (χ1) is 19.4. The number of benzene rings is 3. The van der Waals surface area contributed by atoms with Gasteiger partial charge in [-0.05, 0) is 67.7 Å². The smallest absolute Gasteiger partial charge is 0.262 e. The zero-order chi connectivity index (χ0) is 27.8. The highest BCUT2D eigenvalue weighted by Gasteiger charge is 2.43. The third-order valence-corrected chi connectivity index (χ3v) is 10.0. The van der Waals surface area contributed by atoms with Gasteiger partial charge in [0.2, 0.25) is 0 Å². The topological polar surface area (TPSA) is 37.3 Å². The summed E-state index contributed by atoms with van der Waals surface area (Å²) < 4.78 is 2.28. The Kier molecular flexibility index (Phi) is 7.89. The molecule has 1 aliphatic heterocycles. The summed E-state index contributed by atoms with van der Waals surface area (Å²) in [7, 11) is 0. The molecule has 1 amide bonds. The number of fused-ring (bicyclic) bond motifs is 1. The Labute approximate surface area is 250 Å². The number of amides is 1. The van der Waals surface area contributed by atoms with E-state index in [0.29, 0.717) is 22.5 Å². The molecular weight excluding hydrogens is 557 g/mol. The van der Waals surface area contributed by atoms with Gasteiger partial charge in [0.15, 0.2) is 5.50 Å². The van der Waals surface area contributed by atoms with E-state index in [1.807, 2.05) is 30.3 Å². The molecule has 3 atom stereocenters. The number of thioether (sulfide) groups is 1. The van der Waals surface area contributed by atoms with Crippen molar-refractivity contribution < 1.29 is 4.79 Å². The molecule has 1 aromatic heterocycles. The first-order valence-electron chi connectivity index (χ1n) is 13.9. The number of rotatable bonds is 6. The Morgan fingerprint density at radius 2 is 1.75 bits per heavy atom. The molecule has 4 nitrogen and oxygen atoms in total. The number of halogens is 2. The van der Waals surface area contributed by atoms with Gasteiger partial charge in [-0.2, -0.15) is 0 Å². The van der Waals surface area contributed by atoms with Gasteiger partial charge in [0.1, 0.15) is 0 Å². The van der Waals surface area contributed by atoms with E-state index in [1.54, 1.807) is 17.8 Å². The Balaban J connectivity index is 1.40. The van der Waals surface area contributed by atoms with Gasteiger partial charge in [-0.1, -0.05) is 97.2 Å². The highest BCUT2D eigenvalue weighted by molar-refractivity contribution is 8.05. The van der Waals surface area contributed by atoms with Crippen molar-refractivity contribution in [2.75, 3.05) is 5.32 Å². The maximum absolute atomic E-state index is 14.1. The number of carbonyl (C=O) groups is 1. The van der Waals surface area contributed by atoms with Crippen LogP contribution in [0.4, 0.5) is 5.69 Å². The molecule has 2 aliphatic rings. The van der Waals surface area contributed by atoms with Gasteiger partial charge < -0.3 is 14.8 Å². The number of hydrogen-bond donors (Lipinski definition) is 1. The van der Waals surface area contributed by atoms with Gasteiger partial charge in [0, 0.05) is 50.5 Å². The Morgan fingerprint density at radius 3 is 2.52 bits per heavy atom. The molecule has 1 aliphatic carbocycles. The molecule has 6 rings (SSSR count). The van der Waals surface area contributed by atoms with E-state index in [2.05, 4.69) is 71.1 Å². The van der Waals surface area contributed by atoms with Crippen LogP contribution in [0.3, 0.4) is 0 Å². The van der Waals surface area contributed by atoms with Crippen LogP contribution in [0.2, 0.25) is 10.0 Å². The zero-order valence-corrected chi connectivity index (χ0v) is 25.1. The fourth-order valence-electron chi connectivity index (χ4n) is 6.16. The van der Waals surface area contributed by atoms with E-state index in [0.717, 1.165) is 51.2 Å². The van der Waals surface area contributed by atoms with Crippen LogP contribution in [0.5, 0.6) is 0 Å². The second kappa shape index (κ2) is 11.6. The highest BCUT2D eigenvalue weighted by atomic mass is 35.5. The van der Waals surface area contributed by atoms with Crippen molar-refractivity contribution in [3.8, 4) is 0 Å². The molecule has 2 heterocycles. The van der Waals surface area contributed by atoms with Crippen LogP contribution in [0.1, 0.15) is 49.4 Å². The lowest BCUT2D eigenvalue weighted by Gasteiger charge is -2.39. The van der Waals surface area contributed by atoms with Gasteiger partial charge in [-0.15, -0.1) is 0 Å². The van der Waals surface area contributed by atoms with Crippen LogP contribution in [-0.4, -0.2) is 26.9 Å². The summed E-state index contributed by atoms with van der Waals surface area (Å²) in [6.07, 6.45) is 6.73. The molecule has 4 aromatic rings. The summed E-state index contributed by atoms with van der Waals surface area (Å²) in [5.41, 5.74) is 5.18. The van der Waals surface area contributed by atoms with Crippen LogP contribution >= 0.6 is 35.0 Å². The summed E-state index contributed by atoms with van der Waals surface area (Å²) in [4.78, 5) is 17.0. The minimum absolute atomic E-state index is 0.120. The highest BCUT2D eigenvalue weighted by Crippen LogP contribution is 2.43. The van der Waals surface area contributed by atoms with E-state index < -0.39 is 0 Å². The molecule has 1 N–H and O–H groups in total. The molecule has 1 saturated heterocycles.